The van der Waals surface area contributed by atoms with Crippen molar-refractivity contribution in [2.75, 3.05) is 0 Å². The quantitative estimate of drug-likeness (QED) is 0.890. The monoisotopic (exact) mass is 292 g/mol. The summed E-state index contributed by atoms with van der Waals surface area (Å²) in [6, 6.07) is 9.30. The van der Waals surface area contributed by atoms with E-state index in [4.69, 9.17) is 5.73 Å². The maximum absolute atomic E-state index is 12.8. The lowest BCUT2D eigenvalue weighted by Gasteiger charge is -2.17. The molecule has 0 aliphatic rings. The minimum atomic E-state index is -0.634. The van der Waals surface area contributed by atoms with Gasteiger partial charge in [-0.05, 0) is 42.5 Å². The molecule has 1 aromatic heterocycles. The molecule has 106 valence electrons. The number of hydrogen-bond donors (Lipinski definition) is 2. The average Bonchev–Trinajstić information content (AvgIpc) is 2.94. The lowest BCUT2D eigenvalue weighted by Crippen LogP contribution is -2.40. The highest BCUT2D eigenvalue weighted by atomic mass is 32.1. The highest BCUT2D eigenvalue weighted by Crippen LogP contribution is 2.17. The number of carbonyl (C=O) groups excluding carboxylic acids is 1. The number of halogens is 1. The lowest BCUT2D eigenvalue weighted by atomic mass is 10.1. The Kier molecular flexibility index (Phi) is 4.87. The maximum atomic E-state index is 12.8. The number of thiophene rings is 1. The molecule has 3 N–H and O–H groups in total. The number of nitrogens with two attached hydrogens (primary N) is 1. The fourth-order valence-corrected chi connectivity index (χ4v) is 2.68. The Morgan fingerprint density at radius 1 is 1.35 bits per heavy atom. The third-order valence-electron chi connectivity index (χ3n) is 2.98. The molecule has 0 fully saturated rings. The molecule has 0 saturated carbocycles. The highest BCUT2D eigenvalue weighted by Gasteiger charge is 2.18. The van der Waals surface area contributed by atoms with Gasteiger partial charge in [-0.1, -0.05) is 18.2 Å². The molecule has 0 bridgehead atoms. The molecule has 0 aliphatic heterocycles. The SMILES string of the molecule is CC(Cc1ccc(F)cc1)NC(=O)C(N)c1cccs1. The van der Waals surface area contributed by atoms with Gasteiger partial charge in [0, 0.05) is 10.9 Å². The van der Waals surface area contributed by atoms with E-state index in [1.165, 1.54) is 23.5 Å². The van der Waals surface area contributed by atoms with Crippen LogP contribution in [0.15, 0.2) is 41.8 Å². The molecule has 0 radical (unpaired) electrons. The van der Waals surface area contributed by atoms with Crippen molar-refractivity contribution in [3.63, 3.8) is 0 Å². The normalized spacial score (nSPS) is 13.8. The molecule has 3 nitrogen and oxygen atoms in total. The topological polar surface area (TPSA) is 55.1 Å². The van der Waals surface area contributed by atoms with Gasteiger partial charge >= 0.3 is 0 Å². The number of hydrogen-bond acceptors (Lipinski definition) is 3. The van der Waals surface area contributed by atoms with Crippen molar-refractivity contribution in [1.29, 1.82) is 0 Å². The Morgan fingerprint density at radius 3 is 2.65 bits per heavy atom. The number of rotatable bonds is 5. The van der Waals surface area contributed by atoms with Gasteiger partial charge in [0.2, 0.25) is 5.91 Å². The van der Waals surface area contributed by atoms with E-state index in [9.17, 15) is 9.18 Å². The molecule has 1 aromatic carbocycles. The molecule has 0 aliphatic carbocycles. The van der Waals surface area contributed by atoms with E-state index in [2.05, 4.69) is 5.32 Å². The maximum Gasteiger partial charge on any atom is 0.242 e. The van der Waals surface area contributed by atoms with Gasteiger partial charge < -0.3 is 11.1 Å². The molecule has 2 rings (SSSR count). The summed E-state index contributed by atoms with van der Waals surface area (Å²) >= 11 is 1.46. The number of nitrogens with one attached hydrogen (secondary N) is 1. The second kappa shape index (κ2) is 6.63. The van der Waals surface area contributed by atoms with Gasteiger partial charge in [-0.2, -0.15) is 0 Å². The highest BCUT2D eigenvalue weighted by molar-refractivity contribution is 7.10. The Morgan fingerprint density at radius 2 is 2.05 bits per heavy atom. The first-order chi connectivity index (χ1) is 9.56. The summed E-state index contributed by atoms with van der Waals surface area (Å²) in [4.78, 5) is 12.9. The van der Waals surface area contributed by atoms with Crippen LogP contribution in [0.3, 0.4) is 0 Å². The van der Waals surface area contributed by atoms with Gasteiger partial charge in [-0.25, -0.2) is 4.39 Å². The molecule has 2 unspecified atom stereocenters. The van der Waals surface area contributed by atoms with E-state index in [1.807, 2.05) is 24.4 Å². The van der Waals surface area contributed by atoms with Crippen molar-refractivity contribution < 1.29 is 9.18 Å². The summed E-state index contributed by atoms with van der Waals surface area (Å²) in [5.41, 5.74) is 6.87. The van der Waals surface area contributed by atoms with E-state index in [0.29, 0.717) is 6.42 Å². The average molecular weight is 292 g/mol. The van der Waals surface area contributed by atoms with Crippen LogP contribution in [0.5, 0.6) is 0 Å². The minimum absolute atomic E-state index is 0.0565. The van der Waals surface area contributed by atoms with Gasteiger partial charge in [-0.3, -0.25) is 4.79 Å². The molecule has 20 heavy (non-hydrogen) atoms. The van der Waals surface area contributed by atoms with Crippen LogP contribution in [0.25, 0.3) is 0 Å². The van der Waals surface area contributed by atoms with Crippen molar-refractivity contribution in [3.05, 3.63) is 58.0 Å². The number of amides is 1. The van der Waals surface area contributed by atoms with Gasteiger partial charge in [0.15, 0.2) is 0 Å². The second-order valence-corrected chi connectivity index (χ2v) is 5.71. The molecule has 2 aromatic rings. The Labute approximate surface area is 121 Å². The Hall–Kier alpha value is -1.72. The molecule has 5 heteroatoms. The zero-order chi connectivity index (χ0) is 14.5. The van der Waals surface area contributed by atoms with Crippen molar-refractivity contribution in [2.45, 2.75) is 25.4 Å². The first-order valence-electron chi connectivity index (χ1n) is 6.40. The van der Waals surface area contributed by atoms with E-state index in [0.717, 1.165) is 10.4 Å². The first-order valence-corrected chi connectivity index (χ1v) is 7.28. The summed E-state index contributed by atoms with van der Waals surface area (Å²) in [5.74, 6) is -0.452. The van der Waals surface area contributed by atoms with Crippen LogP contribution in [-0.2, 0) is 11.2 Å². The minimum Gasteiger partial charge on any atom is -0.352 e. The number of benzene rings is 1. The summed E-state index contributed by atoms with van der Waals surface area (Å²) < 4.78 is 12.8. The molecule has 0 saturated heterocycles. The molecule has 0 spiro atoms. The van der Waals surface area contributed by atoms with Crippen LogP contribution < -0.4 is 11.1 Å². The van der Waals surface area contributed by atoms with E-state index >= 15 is 0 Å². The van der Waals surface area contributed by atoms with Gasteiger partial charge in [0.05, 0.1) is 0 Å². The molecular weight excluding hydrogens is 275 g/mol. The largest absolute Gasteiger partial charge is 0.352 e. The lowest BCUT2D eigenvalue weighted by molar-refractivity contribution is -0.123. The zero-order valence-electron chi connectivity index (χ0n) is 11.2. The summed E-state index contributed by atoms with van der Waals surface area (Å²) in [5, 5.41) is 4.77. The van der Waals surface area contributed by atoms with Crippen molar-refractivity contribution >= 4 is 17.2 Å². The van der Waals surface area contributed by atoms with Gasteiger partial charge in [-0.15, -0.1) is 11.3 Å². The van der Waals surface area contributed by atoms with Gasteiger partial charge in [0.1, 0.15) is 11.9 Å². The van der Waals surface area contributed by atoms with Crippen molar-refractivity contribution in [3.8, 4) is 0 Å². The summed E-state index contributed by atoms with van der Waals surface area (Å²) in [6.07, 6.45) is 0.642. The fraction of sp³-hybridized carbons (Fsp3) is 0.267. The summed E-state index contributed by atoms with van der Waals surface area (Å²) in [6.45, 7) is 1.91. The van der Waals surface area contributed by atoms with Crippen LogP contribution in [0.1, 0.15) is 23.4 Å². The van der Waals surface area contributed by atoms with Crippen LogP contribution in [-0.4, -0.2) is 11.9 Å². The Balaban J connectivity index is 1.89. The standard InChI is InChI=1S/C15H17FN2OS/c1-10(9-11-4-6-12(16)7-5-11)18-15(19)14(17)13-3-2-8-20-13/h2-8,10,14H,9,17H2,1H3,(H,18,19). The molecule has 1 amide bonds. The second-order valence-electron chi connectivity index (χ2n) is 4.73. The smallest absolute Gasteiger partial charge is 0.242 e. The summed E-state index contributed by atoms with van der Waals surface area (Å²) in [7, 11) is 0. The van der Waals surface area contributed by atoms with E-state index < -0.39 is 6.04 Å². The van der Waals surface area contributed by atoms with Gasteiger partial charge in [0.25, 0.3) is 0 Å². The predicted molar refractivity (Wildman–Crippen MR) is 79.0 cm³/mol. The molecule has 1 heterocycles. The van der Waals surface area contributed by atoms with E-state index in [1.54, 1.807) is 12.1 Å². The molecule has 2 atom stereocenters. The van der Waals surface area contributed by atoms with Crippen molar-refractivity contribution in [1.82, 2.24) is 5.32 Å². The third kappa shape index (κ3) is 3.88. The third-order valence-corrected chi connectivity index (χ3v) is 3.93. The fourth-order valence-electron chi connectivity index (χ4n) is 1.96. The first kappa shape index (κ1) is 14.7. The van der Waals surface area contributed by atoms with Crippen LogP contribution in [0.2, 0.25) is 0 Å². The zero-order valence-corrected chi connectivity index (χ0v) is 12.0. The molecular formula is C15H17FN2OS. The van der Waals surface area contributed by atoms with Crippen LogP contribution in [0.4, 0.5) is 4.39 Å². The van der Waals surface area contributed by atoms with Crippen molar-refractivity contribution in [2.24, 2.45) is 5.73 Å². The predicted octanol–water partition coefficient (Wildman–Crippen LogP) is 2.63. The Bertz CT molecular complexity index is 554. The number of carbonyl (C=O) groups is 1. The van der Waals surface area contributed by atoms with Crippen LogP contribution in [0, 0.1) is 5.82 Å². The van der Waals surface area contributed by atoms with E-state index in [-0.39, 0.29) is 17.8 Å². The van der Waals surface area contributed by atoms with Crippen LogP contribution >= 0.6 is 11.3 Å².